The van der Waals surface area contributed by atoms with Crippen LogP contribution >= 0.6 is 15.9 Å². The van der Waals surface area contributed by atoms with E-state index in [1.807, 2.05) is 0 Å². The molecule has 2 rings (SSSR count). The number of benzene rings is 1. The van der Waals surface area contributed by atoms with Crippen molar-refractivity contribution in [2.75, 3.05) is 13.2 Å². The van der Waals surface area contributed by atoms with Gasteiger partial charge in [-0.25, -0.2) is 4.39 Å². The van der Waals surface area contributed by atoms with Crippen LogP contribution in [0.25, 0.3) is 0 Å². The van der Waals surface area contributed by atoms with E-state index in [-0.39, 0.29) is 18.7 Å². The van der Waals surface area contributed by atoms with Crippen LogP contribution in [-0.2, 0) is 20.7 Å². The Hall–Kier alpha value is -1.47. The van der Waals surface area contributed by atoms with Crippen molar-refractivity contribution >= 4 is 27.8 Å². The SMILES string of the molecule is O=C(O)CC1(NC(=O)Cc2cc(F)ccc2Br)CCOCC1. The lowest BCUT2D eigenvalue weighted by Crippen LogP contribution is -2.53. The molecule has 120 valence electrons. The largest absolute Gasteiger partial charge is 0.481 e. The Balaban J connectivity index is 2.07. The summed E-state index contributed by atoms with van der Waals surface area (Å²) >= 11 is 3.28. The Labute approximate surface area is 136 Å². The van der Waals surface area contributed by atoms with Gasteiger partial charge in [-0.15, -0.1) is 0 Å². The van der Waals surface area contributed by atoms with Crippen LogP contribution in [0.15, 0.2) is 22.7 Å². The van der Waals surface area contributed by atoms with Crippen LogP contribution in [0.4, 0.5) is 4.39 Å². The molecule has 1 amide bonds. The molecule has 0 atom stereocenters. The number of carbonyl (C=O) groups is 2. The minimum absolute atomic E-state index is 0.0133. The highest BCUT2D eigenvalue weighted by Crippen LogP contribution is 2.25. The molecule has 2 N–H and O–H groups in total. The fourth-order valence-corrected chi connectivity index (χ4v) is 2.98. The van der Waals surface area contributed by atoms with E-state index in [4.69, 9.17) is 9.84 Å². The third-order valence-electron chi connectivity index (χ3n) is 3.70. The van der Waals surface area contributed by atoms with Gasteiger partial charge in [-0.3, -0.25) is 9.59 Å². The Morgan fingerprint density at radius 2 is 2.05 bits per heavy atom. The predicted octanol–water partition coefficient (Wildman–Crippen LogP) is 2.27. The van der Waals surface area contributed by atoms with Gasteiger partial charge in [-0.2, -0.15) is 0 Å². The molecule has 5 nitrogen and oxygen atoms in total. The highest BCUT2D eigenvalue weighted by atomic mass is 79.9. The summed E-state index contributed by atoms with van der Waals surface area (Å²) < 4.78 is 19.1. The molecule has 0 aliphatic carbocycles. The fourth-order valence-electron chi connectivity index (χ4n) is 2.59. The number of hydrogen-bond acceptors (Lipinski definition) is 3. The van der Waals surface area contributed by atoms with Gasteiger partial charge in [0.2, 0.25) is 5.91 Å². The maximum Gasteiger partial charge on any atom is 0.305 e. The van der Waals surface area contributed by atoms with Crippen LogP contribution in [0.1, 0.15) is 24.8 Å². The van der Waals surface area contributed by atoms with Crippen molar-refractivity contribution in [3.63, 3.8) is 0 Å². The monoisotopic (exact) mass is 373 g/mol. The Kier molecular flexibility index (Phi) is 5.52. The molecule has 1 aromatic carbocycles. The number of rotatable bonds is 5. The first-order valence-electron chi connectivity index (χ1n) is 6.95. The molecule has 0 aromatic heterocycles. The van der Waals surface area contributed by atoms with Gasteiger partial charge in [0.05, 0.1) is 18.4 Å². The number of ether oxygens (including phenoxy) is 1. The summed E-state index contributed by atoms with van der Waals surface area (Å²) in [7, 11) is 0. The molecule has 1 heterocycles. The molecule has 0 unspecified atom stereocenters. The van der Waals surface area contributed by atoms with Crippen molar-refractivity contribution < 1.29 is 23.8 Å². The molecule has 1 fully saturated rings. The standard InChI is InChI=1S/C15H17BrFNO4/c16-12-2-1-11(17)7-10(12)8-13(19)18-15(9-14(20)21)3-5-22-6-4-15/h1-2,7H,3-6,8-9H2,(H,18,19)(H,20,21). The van der Waals surface area contributed by atoms with Crippen molar-refractivity contribution in [3.05, 3.63) is 34.1 Å². The van der Waals surface area contributed by atoms with E-state index in [1.165, 1.54) is 12.1 Å². The lowest BCUT2D eigenvalue weighted by molar-refractivity contribution is -0.140. The van der Waals surface area contributed by atoms with Crippen LogP contribution in [0, 0.1) is 5.82 Å². The third-order valence-corrected chi connectivity index (χ3v) is 4.48. The average molecular weight is 374 g/mol. The summed E-state index contributed by atoms with van der Waals surface area (Å²) in [6.45, 7) is 0.828. The Bertz CT molecular complexity index is 573. The normalized spacial score (nSPS) is 17.0. The first-order valence-corrected chi connectivity index (χ1v) is 7.74. The third kappa shape index (κ3) is 4.51. The van der Waals surface area contributed by atoms with E-state index in [9.17, 15) is 14.0 Å². The number of carboxylic acid groups (broad SMARTS) is 1. The van der Waals surface area contributed by atoms with E-state index < -0.39 is 17.3 Å². The number of carbonyl (C=O) groups excluding carboxylic acids is 1. The van der Waals surface area contributed by atoms with E-state index in [1.54, 1.807) is 6.07 Å². The average Bonchev–Trinajstić information content (AvgIpc) is 2.42. The smallest absolute Gasteiger partial charge is 0.305 e. The maximum atomic E-state index is 13.3. The van der Waals surface area contributed by atoms with Crippen molar-refractivity contribution in [2.45, 2.75) is 31.2 Å². The molecule has 0 radical (unpaired) electrons. The fraction of sp³-hybridized carbons (Fsp3) is 0.467. The second kappa shape index (κ2) is 7.19. The molecule has 7 heteroatoms. The minimum Gasteiger partial charge on any atom is -0.481 e. The van der Waals surface area contributed by atoms with Crippen LogP contribution in [-0.4, -0.2) is 35.7 Å². The van der Waals surface area contributed by atoms with Crippen molar-refractivity contribution in [1.82, 2.24) is 5.32 Å². The summed E-state index contributed by atoms with van der Waals surface area (Å²) in [5, 5.41) is 11.9. The van der Waals surface area contributed by atoms with Crippen LogP contribution in [0.3, 0.4) is 0 Å². The molecule has 0 bridgehead atoms. The summed E-state index contributed by atoms with van der Waals surface area (Å²) in [6, 6.07) is 4.13. The Morgan fingerprint density at radius 1 is 1.36 bits per heavy atom. The topological polar surface area (TPSA) is 75.6 Å². The minimum atomic E-state index is -0.964. The van der Waals surface area contributed by atoms with E-state index in [0.717, 1.165) is 0 Å². The van der Waals surface area contributed by atoms with Gasteiger partial charge in [0.1, 0.15) is 5.82 Å². The van der Waals surface area contributed by atoms with Gasteiger partial charge >= 0.3 is 5.97 Å². The molecule has 1 saturated heterocycles. The van der Waals surface area contributed by atoms with E-state index >= 15 is 0 Å². The number of hydrogen-bond donors (Lipinski definition) is 2. The number of nitrogens with one attached hydrogen (secondary N) is 1. The second-order valence-corrected chi connectivity index (χ2v) is 6.28. The Morgan fingerprint density at radius 3 is 2.68 bits per heavy atom. The summed E-state index contributed by atoms with van der Waals surface area (Å²) in [5.74, 6) is -1.71. The highest BCUT2D eigenvalue weighted by Gasteiger charge is 2.36. The summed E-state index contributed by atoms with van der Waals surface area (Å²) in [6.07, 6.45) is 0.748. The number of aliphatic carboxylic acids is 1. The van der Waals surface area contributed by atoms with E-state index in [0.29, 0.717) is 36.1 Å². The maximum absolute atomic E-state index is 13.3. The molecule has 1 aromatic rings. The lowest BCUT2D eigenvalue weighted by Gasteiger charge is -2.36. The molecule has 0 spiro atoms. The summed E-state index contributed by atoms with van der Waals surface area (Å²) in [5.41, 5.74) is -0.268. The quantitative estimate of drug-likeness (QED) is 0.829. The molecule has 1 aliphatic rings. The number of halogens is 2. The zero-order valence-electron chi connectivity index (χ0n) is 11.9. The van der Waals surface area contributed by atoms with Crippen LogP contribution in [0.5, 0.6) is 0 Å². The number of amides is 1. The first kappa shape index (κ1) is 16.9. The van der Waals surface area contributed by atoms with Crippen molar-refractivity contribution in [2.24, 2.45) is 0 Å². The first-order chi connectivity index (χ1) is 10.4. The summed E-state index contributed by atoms with van der Waals surface area (Å²) in [4.78, 5) is 23.3. The van der Waals surface area contributed by atoms with Gasteiger partial charge in [0.15, 0.2) is 0 Å². The van der Waals surface area contributed by atoms with Gasteiger partial charge in [0, 0.05) is 17.7 Å². The predicted molar refractivity (Wildman–Crippen MR) is 81.0 cm³/mol. The van der Waals surface area contributed by atoms with Gasteiger partial charge in [-0.1, -0.05) is 15.9 Å². The molecular formula is C15H17BrFNO4. The zero-order chi connectivity index (χ0) is 16.2. The molecule has 0 saturated carbocycles. The van der Waals surface area contributed by atoms with Crippen molar-refractivity contribution in [3.8, 4) is 0 Å². The molecule has 22 heavy (non-hydrogen) atoms. The lowest BCUT2D eigenvalue weighted by atomic mass is 9.86. The van der Waals surface area contributed by atoms with Crippen molar-refractivity contribution in [1.29, 1.82) is 0 Å². The van der Waals surface area contributed by atoms with Gasteiger partial charge < -0.3 is 15.2 Å². The number of carboxylic acids is 1. The van der Waals surface area contributed by atoms with E-state index in [2.05, 4.69) is 21.2 Å². The molecular weight excluding hydrogens is 357 g/mol. The second-order valence-electron chi connectivity index (χ2n) is 5.42. The zero-order valence-corrected chi connectivity index (χ0v) is 13.5. The van der Waals surface area contributed by atoms with Gasteiger partial charge in [0.25, 0.3) is 0 Å². The van der Waals surface area contributed by atoms with Gasteiger partial charge in [-0.05, 0) is 36.6 Å². The molecule has 1 aliphatic heterocycles. The van der Waals surface area contributed by atoms with Crippen LogP contribution in [0.2, 0.25) is 0 Å². The van der Waals surface area contributed by atoms with Crippen LogP contribution < -0.4 is 5.32 Å². The highest BCUT2D eigenvalue weighted by molar-refractivity contribution is 9.10.